The van der Waals surface area contributed by atoms with Gasteiger partial charge in [0.15, 0.2) is 0 Å². The Morgan fingerprint density at radius 3 is 2.70 bits per heavy atom. The molecule has 0 spiro atoms. The number of likely N-dealkylation sites (tertiary alicyclic amines) is 1. The highest BCUT2D eigenvalue weighted by molar-refractivity contribution is 7.10. The summed E-state index contributed by atoms with van der Waals surface area (Å²) >= 11 is 1.43. The molecule has 2 heterocycles. The molecule has 1 saturated heterocycles. The molecular formula is C21H33N5O3S. The van der Waals surface area contributed by atoms with Crippen molar-refractivity contribution in [1.29, 1.82) is 5.41 Å². The molecule has 166 valence electrons. The van der Waals surface area contributed by atoms with Gasteiger partial charge in [0.1, 0.15) is 11.9 Å². The first-order valence-corrected chi connectivity index (χ1v) is 11.6. The third kappa shape index (κ3) is 7.44. The standard InChI is InChI=1S/C21H33N5O3S/c1-2-3-4-5-6-9-18(27)24-13-19(28)26-10-7-8-17(26)21(29)25-12-16-11-15(14-30-16)20(22)23/h11,14,17H,2-10,12-13H2,1H3,(H3,22,23)(H,24,27)(H,25,29)/t17-/m0/s1. The van der Waals surface area contributed by atoms with Crippen LogP contribution < -0.4 is 16.4 Å². The lowest BCUT2D eigenvalue weighted by atomic mass is 10.1. The van der Waals surface area contributed by atoms with Gasteiger partial charge in [-0.3, -0.25) is 19.8 Å². The van der Waals surface area contributed by atoms with E-state index in [1.54, 1.807) is 16.3 Å². The second-order valence-electron chi connectivity index (χ2n) is 7.62. The van der Waals surface area contributed by atoms with Crippen LogP contribution in [-0.2, 0) is 20.9 Å². The van der Waals surface area contributed by atoms with E-state index in [1.165, 1.54) is 17.8 Å². The summed E-state index contributed by atoms with van der Waals surface area (Å²) in [7, 11) is 0. The molecule has 9 heteroatoms. The van der Waals surface area contributed by atoms with Crippen LogP contribution in [0, 0.1) is 5.41 Å². The summed E-state index contributed by atoms with van der Waals surface area (Å²) in [6.07, 6.45) is 7.17. The summed E-state index contributed by atoms with van der Waals surface area (Å²) < 4.78 is 0. The average molecular weight is 436 g/mol. The monoisotopic (exact) mass is 435 g/mol. The molecule has 1 aromatic heterocycles. The predicted molar refractivity (Wildman–Crippen MR) is 118 cm³/mol. The van der Waals surface area contributed by atoms with Crippen molar-refractivity contribution in [2.75, 3.05) is 13.1 Å². The molecule has 1 atom stereocenters. The maximum atomic E-state index is 12.6. The van der Waals surface area contributed by atoms with E-state index in [-0.39, 0.29) is 30.1 Å². The minimum atomic E-state index is -0.504. The molecule has 0 unspecified atom stereocenters. The Balaban J connectivity index is 1.73. The Morgan fingerprint density at radius 1 is 1.23 bits per heavy atom. The normalized spacial score (nSPS) is 15.8. The number of amides is 3. The van der Waals surface area contributed by atoms with Gasteiger partial charge in [-0.05, 0) is 25.3 Å². The van der Waals surface area contributed by atoms with Gasteiger partial charge in [0, 0.05) is 28.8 Å². The fourth-order valence-electron chi connectivity index (χ4n) is 3.50. The second kappa shape index (κ2) is 12.3. The first kappa shape index (κ1) is 23.9. The fraction of sp³-hybridized carbons (Fsp3) is 0.619. The van der Waals surface area contributed by atoms with Crippen molar-refractivity contribution < 1.29 is 14.4 Å². The molecule has 8 nitrogen and oxygen atoms in total. The van der Waals surface area contributed by atoms with Crippen LogP contribution in [-0.4, -0.2) is 47.6 Å². The summed E-state index contributed by atoms with van der Waals surface area (Å²) in [5, 5.41) is 14.8. The number of unbranched alkanes of at least 4 members (excludes halogenated alkanes) is 4. The van der Waals surface area contributed by atoms with Gasteiger partial charge in [-0.15, -0.1) is 11.3 Å². The van der Waals surface area contributed by atoms with Crippen LogP contribution in [0.15, 0.2) is 11.4 Å². The molecule has 1 fully saturated rings. The van der Waals surface area contributed by atoms with Gasteiger partial charge in [-0.2, -0.15) is 0 Å². The van der Waals surface area contributed by atoms with E-state index in [9.17, 15) is 14.4 Å². The van der Waals surface area contributed by atoms with Crippen LogP contribution in [0.5, 0.6) is 0 Å². The van der Waals surface area contributed by atoms with Crippen molar-refractivity contribution in [3.63, 3.8) is 0 Å². The summed E-state index contributed by atoms with van der Waals surface area (Å²) in [6, 6.07) is 1.28. The summed E-state index contributed by atoms with van der Waals surface area (Å²) in [4.78, 5) is 39.5. The van der Waals surface area contributed by atoms with E-state index in [2.05, 4.69) is 17.6 Å². The van der Waals surface area contributed by atoms with E-state index in [0.29, 0.717) is 31.5 Å². The molecule has 1 aliphatic rings. The fourth-order valence-corrected chi connectivity index (χ4v) is 4.32. The number of hydrogen-bond acceptors (Lipinski definition) is 5. The Kier molecular flexibility index (Phi) is 9.79. The maximum Gasteiger partial charge on any atom is 0.243 e. The van der Waals surface area contributed by atoms with Gasteiger partial charge in [0.2, 0.25) is 17.7 Å². The molecule has 2 rings (SSSR count). The molecule has 0 saturated carbocycles. The Morgan fingerprint density at radius 2 is 2.00 bits per heavy atom. The third-order valence-electron chi connectivity index (χ3n) is 5.22. The number of nitrogens with one attached hydrogen (secondary N) is 3. The highest BCUT2D eigenvalue weighted by atomic mass is 32.1. The van der Waals surface area contributed by atoms with Gasteiger partial charge in [0.05, 0.1) is 13.1 Å². The SMILES string of the molecule is CCCCCCCC(=O)NCC(=O)N1CCC[C@H]1C(=O)NCc1cc(C(=N)N)cs1. The van der Waals surface area contributed by atoms with Crippen molar-refractivity contribution in [1.82, 2.24) is 15.5 Å². The number of carbonyl (C=O) groups excluding carboxylic acids is 3. The number of nitrogens with two attached hydrogens (primary N) is 1. The van der Waals surface area contributed by atoms with Gasteiger partial charge >= 0.3 is 0 Å². The van der Waals surface area contributed by atoms with Gasteiger partial charge in [-0.25, -0.2) is 0 Å². The molecule has 1 aliphatic heterocycles. The summed E-state index contributed by atoms with van der Waals surface area (Å²) in [5.41, 5.74) is 6.10. The number of amidine groups is 1. The molecular weight excluding hydrogens is 402 g/mol. The van der Waals surface area contributed by atoms with E-state index in [0.717, 1.165) is 37.0 Å². The molecule has 0 aromatic carbocycles. The number of nitrogens with zero attached hydrogens (tertiary/aromatic N) is 1. The first-order chi connectivity index (χ1) is 14.4. The van der Waals surface area contributed by atoms with Gasteiger partial charge in [0.25, 0.3) is 0 Å². The van der Waals surface area contributed by atoms with Crippen molar-refractivity contribution in [2.24, 2.45) is 5.73 Å². The Bertz CT molecular complexity index is 749. The Labute approximate surface area is 182 Å². The van der Waals surface area contributed by atoms with Crippen molar-refractivity contribution in [2.45, 2.75) is 70.9 Å². The summed E-state index contributed by atoms with van der Waals surface area (Å²) in [5.74, 6) is -0.527. The van der Waals surface area contributed by atoms with Crippen molar-refractivity contribution >= 4 is 34.9 Å². The van der Waals surface area contributed by atoms with Crippen LogP contribution in [0.25, 0.3) is 0 Å². The highest BCUT2D eigenvalue weighted by Gasteiger charge is 2.33. The molecule has 3 amide bonds. The van der Waals surface area contributed by atoms with E-state index in [4.69, 9.17) is 11.1 Å². The summed E-state index contributed by atoms with van der Waals surface area (Å²) in [6.45, 7) is 2.95. The van der Waals surface area contributed by atoms with E-state index >= 15 is 0 Å². The van der Waals surface area contributed by atoms with Gasteiger partial charge < -0.3 is 21.3 Å². The zero-order chi connectivity index (χ0) is 21.9. The lowest BCUT2D eigenvalue weighted by Crippen LogP contribution is -2.48. The number of carbonyl (C=O) groups is 3. The van der Waals surface area contributed by atoms with Crippen LogP contribution in [0.1, 0.15) is 68.7 Å². The van der Waals surface area contributed by atoms with E-state index < -0.39 is 6.04 Å². The molecule has 0 radical (unpaired) electrons. The van der Waals surface area contributed by atoms with Crippen molar-refractivity contribution in [3.8, 4) is 0 Å². The zero-order valence-corrected chi connectivity index (χ0v) is 18.5. The number of nitrogen functional groups attached to an aromatic ring is 1. The molecule has 0 aliphatic carbocycles. The van der Waals surface area contributed by atoms with Crippen LogP contribution in [0.2, 0.25) is 0 Å². The number of hydrogen-bond donors (Lipinski definition) is 4. The number of rotatable bonds is 12. The van der Waals surface area contributed by atoms with Crippen LogP contribution in [0.3, 0.4) is 0 Å². The first-order valence-electron chi connectivity index (χ1n) is 10.7. The topological polar surface area (TPSA) is 128 Å². The van der Waals surface area contributed by atoms with Gasteiger partial charge in [-0.1, -0.05) is 32.6 Å². The minimum Gasteiger partial charge on any atom is -0.384 e. The molecule has 30 heavy (non-hydrogen) atoms. The second-order valence-corrected chi connectivity index (χ2v) is 8.62. The third-order valence-corrected chi connectivity index (χ3v) is 6.16. The van der Waals surface area contributed by atoms with Crippen molar-refractivity contribution in [3.05, 3.63) is 21.9 Å². The molecule has 1 aromatic rings. The quantitative estimate of drug-likeness (QED) is 0.228. The lowest BCUT2D eigenvalue weighted by molar-refractivity contribution is -0.138. The average Bonchev–Trinajstić information content (AvgIpc) is 3.40. The lowest BCUT2D eigenvalue weighted by Gasteiger charge is -2.24. The zero-order valence-electron chi connectivity index (χ0n) is 17.7. The molecule has 0 bridgehead atoms. The predicted octanol–water partition coefficient (Wildman–Crippen LogP) is 2.12. The molecule has 5 N–H and O–H groups in total. The largest absolute Gasteiger partial charge is 0.384 e. The van der Waals surface area contributed by atoms with Crippen LogP contribution >= 0.6 is 11.3 Å². The smallest absolute Gasteiger partial charge is 0.243 e. The number of thiophene rings is 1. The Hall–Kier alpha value is -2.42. The van der Waals surface area contributed by atoms with E-state index in [1.807, 2.05) is 0 Å². The highest BCUT2D eigenvalue weighted by Crippen LogP contribution is 2.19. The maximum absolute atomic E-state index is 12.6. The van der Waals surface area contributed by atoms with Crippen LogP contribution in [0.4, 0.5) is 0 Å². The minimum absolute atomic E-state index is 0.000558.